The van der Waals surface area contributed by atoms with E-state index in [4.69, 9.17) is 0 Å². The van der Waals surface area contributed by atoms with Crippen molar-refractivity contribution < 1.29 is 9.59 Å². The van der Waals surface area contributed by atoms with Crippen molar-refractivity contribution in [2.24, 2.45) is 0 Å². The first-order valence-corrected chi connectivity index (χ1v) is 8.48. The Morgan fingerprint density at radius 1 is 0.885 bits per heavy atom. The maximum atomic E-state index is 12.6. The molecule has 0 atom stereocenters. The number of para-hydroxylation sites is 1. The van der Waals surface area contributed by atoms with Crippen molar-refractivity contribution in [3.05, 3.63) is 75.8 Å². The maximum absolute atomic E-state index is 12.6. The number of carbonyl (C=O) groups excluding carboxylic acids is 2. The number of hydrogen-bond donors (Lipinski definition) is 0. The number of benzene rings is 2. The molecule has 2 amide bonds. The molecule has 3 aromatic rings. The first-order valence-electron chi connectivity index (χ1n) is 8.48. The van der Waals surface area contributed by atoms with Gasteiger partial charge in [-0.2, -0.15) is 0 Å². The number of fused-ring (bicyclic) bond motifs is 2. The first kappa shape index (κ1) is 16.2. The molecule has 0 radical (unpaired) electrons. The average Bonchev–Trinajstić information content (AvgIpc) is 2.89. The number of imide groups is 1. The lowest BCUT2D eigenvalue weighted by Gasteiger charge is -2.14. The third-order valence-corrected chi connectivity index (χ3v) is 4.71. The molecule has 1 aliphatic heterocycles. The van der Waals surface area contributed by atoms with E-state index in [2.05, 4.69) is 4.98 Å². The van der Waals surface area contributed by atoms with Gasteiger partial charge in [0.2, 0.25) is 0 Å². The second-order valence-corrected chi connectivity index (χ2v) is 6.38. The Morgan fingerprint density at radius 3 is 2.27 bits per heavy atom. The van der Waals surface area contributed by atoms with Crippen molar-refractivity contribution in [3.63, 3.8) is 0 Å². The van der Waals surface area contributed by atoms with Crippen LogP contribution in [0.25, 0.3) is 10.9 Å². The topological polar surface area (TPSA) is 72.3 Å². The van der Waals surface area contributed by atoms with Crippen LogP contribution in [0.5, 0.6) is 0 Å². The van der Waals surface area contributed by atoms with Gasteiger partial charge in [-0.1, -0.05) is 24.3 Å². The fraction of sp³-hybridized carbons (Fsp3) is 0.200. The van der Waals surface area contributed by atoms with Gasteiger partial charge in [0.1, 0.15) is 0 Å². The Kier molecular flexibility index (Phi) is 3.88. The standard InChI is InChI=1S/C20H17N3O3/c1-13-6-4-9-16-17(13)21-12-22(18(16)24)10-5-11-23-19(25)14-7-2-3-8-15(14)20(23)26/h2-4,6-9,12H,5,10-11H2,1H3. The number of hydrogen-bond acceptors (Lipinski definition) is 4. The number of carbonyl (C=O) groups is 2. The zero-order valence-corrected chi connectivity index (χ0v) is 14.3. The molecule has 0 saturated heterocycles. The van der Waals surface area contributed by atoms with E-state index >= 15 is 0 Å². The minimum Gasteiger partial charge on any atom is -0.299 e. The first-order chi connectivity index (χ1) is 12.6. The van der Waals surface area contributed by atoms with Crippen LogP contribution < -0.4 is 5.56 Å². The van der Waals surface area contributed by atoms with Crippen molar-refractivity contribution in [2.75, 3.05) is 6.54 Å². The highest BCUT2D eigenvalue weighted by Gasteiger charge is 2.34. The summed E-state index contributed by atoms with van der Waals surface area (Å²) in [7, 11) is 0. The highest BCUT2D eigenvalue weighted by molar-refractivity contribution is 6.21. The molecule has 130 valence electrons. The highest BCUT2D eigenvalue weighted by Crippen LogP contribution is 2.22. The van der Waals surface area contributed by atoms with Crippen molar-refractivity contribution in [1.82, 2.24) is 14.5 Å². The van der Waals surface area contributed by atoms with Crippen LogP contribution in [0.3, 0.4) is 0 Å². The Hall–Kier alpha value is -3.28. The van der Waals surface area contributed by atoms with Gasteiger partial charge < -0.3 is 0 Å². The molecule has 6 heteroatoms. The van der Waals surface area contributed by atoms with Crippen LogP contribution in [-0.2, 0) is 6.54 Å². The molecule has 0 spiro atoms. The van der Waals surface area contributed by atoms with Gasteiger partial charge in [0.25, 0.3) is 17.4 Å². The highest BCUT2D eigenvalue weighted by atomic mass is 16.2. The van der Waals surface area contributed by atoms with E-state index in [0.717, 1.165) is 5.56 Å². The van der Waals surface area contributed by atoms with E-state index in [1.165, 1.54) is 15.8 Å². The normalized spacial score (nSPS) is 13.5. The molecule has 2 heterocycles. The van der Waals surface area contributed by atoms with E-state index in [-0.39, 0.29) is 23.9 Å². The molecule has 4 rings (SSSR count). The Labute approximate surface area is 149 Å². The van der Waals surface area contributed by atoms with E-state index in [0.29, 0.717) is 35.0 Å². The van der Waals surface area contributed by atoms with Gasteiger partial charge >= 0.3 is 0 Å². The predicted molar refractivity (Wildman–Crippen MR) is 97.2 cm³/mol. The minimum absolute atomic E-state index is 0.110. The summed E-state index contributed by atoms with van der Waals surface area (Å²) in [6.07, 6.45) is 2.02. The predicted octanol–water partition coefficient (Wildman–Crippen LogP) is 2.39. The zero-order valence-electron chi connectivity index (χ0n) is 14.3. The van der Waals surface area contributed by atoms with Gasteiger partial charge in [-0.05, 0) is 37.1 Å². The molecular weight excluding hydrogens is 330 g/mol. The minimum atomic E-state index is -0.273. The summed E-state index contributed by atoms with van der Waals surface area (Å²) >= 11 is 0. The molecule has 1 aliphatic rings. The molecule has 0 unspecified atom stereocenters. The quantitative estimate of drug-likeness (QED) is 0.680. The summed E-state index contributed by atoms with van der Waals surface area (Å²) in [5, 5.41) is 0.577. The van der Waals surface area contributed by atoms with E-state index in [1.807, 2.05) is 19.1 Å². The molecule has 2 aromatic carbocycles. The molecule has 6 nitrogen and oxygen atoms in total. The van der Waals surface area contributed by atoms with Crippen LogP contribution >= 0.6 is 0 Å². The van der Waals surface area contributed by atoms with Crippen LogP contribution in [0.15, 0.2) is 53.6 Å². The fourth-order valence-corrected chi connectivity index (χ4v) is 3.34. The molecule has 0 bridgehead atoms. The van der Waals surface area contributed by atoms with E-state index in [9.17, 15) is 14.4 Å². The van der Waals surface area contributed by atoms with Gasteiger partial charge in [0.05, 0.1) is 28.4 Å². The second kappa shape index (κ2) is 6.22. The van der Waals surface area contributed by atoms with Crippen molar-refractivity contribution in [1.29, 1.82) is 0 Å². The Balaban J connectivity index is 1.50. The summed E-state index contributed by atoms with van der Waals surface area (Å²) in [6.45, 7) is 2.58. The van der Waals surface area contributed by atoms with Crippen LogP contribution in [0.1, 0.15) is 32.7 Å². The molecule has 1 aromatic heterocycles. The smallest absolute Gasteiger partial charge is 0.261 e. The zero-order chi connectivity index (χ0) is 18.3. The van der Waals surface area contributed by atoms with Gasteiger partial charge in [0, 0.05) is 13.1 Å². The lowest BCUT2D eigenvalue weighted by molar-refractivity contribution is 0.0650. The van der Waals surface area contributed by atoms with Gasteiger partial charge in [0.15, 0.2) is 0 Å². The summed E-state index contributed by atoms with van der Waals surface area (Å²) in [5.74, 6) is -0.546. The van der Waals surface area contributed by atoms with Gasteiger partial charge in [-0.25, -0.2) is 4.98 Å². The third-order valence-electron chi connectivity index (χ3n) is 4.71. The lowest BCUT2D eigenvalue weighted by Crippen LogP contribution is -2.32. The summed E-state index contributed by atoms with van der Waals surface area (Å²) in [5.41, 5.74) is 2.43. The van der Waals surface area contributed by atoms with Crippen LogP contribution in [0.4, 0.5) is 0 Å². The van der Waals surface area contributed by atoms with Crippen LogP contribution in [0.2, 0.25) is 0 Å². The van der Waals surface area contributed by atoms with Gasteiger partial charge in [-0.3, -0.25) is 23.9 Å². The summed E-state index contributed by atoms with van der Waals surface area (Å²) < 4.78 is 1.53. The second-order valence-electron chi connectivity index (χ2n) is 6.38. The third kappa shape index (κ3) is 2.50. The Bertz CT molecular complexity index is 1070. The molecule has 0 aliphatic carbocycles. The van der Waals surface area contributed by atoms with E-state index < -0.39 is 0 Å². The molecular formula is C20H17N3O3. The molecule has 0 N–H and O–H groups in total. The largest absolute Gasteiger partial charge is 0.299 e. The maximum Gasteiger partial charge on any atom is 0.261 e. The SMILES string of the molecule is Cc1cccc2c(=O)n(CCCN3C(=O)c4ccccc4C3=O)cnc12. The number of aryl methyl sites for hydroxylation is 2. The van der Waals surface area contributed by atoms with E-state index in [1.54, 1.807) is 30.3 Å². The van der Waals surface area contributed by atoms with Gasteiger partial charge in [-0.15, -0.1) is 0 Å². The summed E-state index contributed by atoms with van der Waals surface area (Å²) in [4.78, 5) is 42.9. The molecule has 0 saturated carbocycles. The average molecular weight is 347 g/mol. The molecule has 0 fully saturated rings. The van der Waals surface area contributed by atoms with Crippen molar-refractivity contribution in [3.8, 4) is 0 Å². The van der Waals surface area contributed by atoms with Crippen molar-refractivity contribution >= 4 is 22.7 Å². The number of nitrogens with zero attached hydrogens (tertiary/aromatic N) is 3. The van der Waals surface area contributed by atoms with Crippen LogP contribution in [0, 0.1) is 6.92 Å². The lowest BCUT2D eigenvalue weighted by atomic mass is 10.1. The fourth-order valence-electron chi connectivity index (χ4n) is 3.34. The number of amides is 2. The monoisotopic (exact) mass is 347 g/mol. The van der Waals surface area contributed by atoms with Crippen molar-refractivity contribution in [2.45, 2.75) is 19.9 Å². The van der Waals surface area contributed by atoms with Crippen LogP contribution in [-0.4, -0.2) is 32.8 Å². The molecule has 26 heavy (non-hydrogen) atoms. The number of rotatable bonds is 4. The Morgan fingerprint density at radius 2 is 1.58 bits per heavy atom. The summed E-state index contributed by atoms with van der Waals surface area (Å²) in [6, 6.07) is 12.3. The number of aromatic nitrogens is 2.